The van der Waals surface area contributed by atoms with Crippen molar-refractivity contribution in [2.24, 2.45) is 17.2 Å². The summed E-state index contributed by atoms with van der Waals surface area (Å²) in [5, 5.41) is 18.2. The minimum atomic E-state index is -0.722. The Labute approximate surface area is 130 Å². The Kier molecular flexibility index (Phi) is 4.68. The summed E-state index contributed by atoms with van der Waals surface area (Å²) >= 11 is 0. The van der Waals surface area contributed by atoms with E-state index in [4.69, 9.17) is 28.0 Å². The van der Waals surface area contributed by atoms with Crippen molar-refractivity contribution in [3.05, 3.63) is 29.8 Å². The van der Waals surface area contributed by atoms with Crippen LogP contribution in [0.3, 0.4) is 0 Å². The zero-order chi connectivity index (χ0) is 16.3. The fraction of sp³-hybridized carbons (Fsp3) is 0.467. The largest absolute Gasteiger partial charge is 0.370 e. The molecule has 1 aliphatic rings. The maximum Gasteiger partial charge on any atom is 0.202 e. The number of rotatable bonds is 2. The predicted molar refractivity (Wildman–Crippen MR) is 89.8 cm³/mol. The average Bonchev–Trinajstić information content (AvgIpc) is 2.39. The van der Waals surface area contributed by atoms with E-state index >= 15 is 0 Å². The Hall–Kier alpha value is -2.12. The summed E-state index contributed by atoms with van der Waals surface area (Å²) in [5.41, 5.74) is 18.8. The molecule has 1 aromatic rings. The number of para-hydroxylation sites is 1. The van der Waals surface area contributed by atoms with Crippen LogP contribution in [0.25, 0.3) is 0 Å². The molecule has 1 aromatic carbocycles. The highest BCUT2D eigenvalue weighted by atomic mass is 15.3. The maximum absolute atomic E-state index is 8.29. The molecule has 0 aromatic heterocycles. The second kappa shape index (κ2) is 6.33. The van der Waals surface area contributed by atoms with Crippen LogP contribution in [-0.2, 0) is 0 Å². The van der Waals surface area contributed by atoms with Crippen LogP contribution in [0, 0.1) is 17.7 Å². The minimum Gasteiger partial charge on any atom is -0.370 e. The van der Waals surface area contributed by atoms with Crippen LogP contribution in [0.1, 0.15) is 31.2 Å². The summed E-state index contributed by atoms with van der Waals surface area (Å²) in [7, 11) is 0. The maximum atomic E-state index is 8.29. The number of nitrogens with two attached hydrogens (primary N) is 3. The van der Waals surface area contributed by atoms with Crippen molar-refractivity contribution in [2.45, 2.75) is 44.3 Å². The van der Waals surface area contributed by atoms with E-state index in [0.717, 1.165) is 30.5 Å². The van der Waals surface area contributed by atoms with E-state index in [1.54, 1.807) is 0 Å². The Morgan fingerprint density at radius 2 is 2.00 bits per heavy atom. The molecular formula is C15H25N7. The van der Waals surface area contributed by atoms with Gasteiger partial charge >= 0.3 is 0 Å². The normalized spacial score (nSPS) is 20.2. The average molecular weight is 303 g/mol. The smallest absolute Gasteiger partial charge is 0.202 e. The third-order valence-electron chi connectivity index (χ3n) is 4.03. The summed E-state index contributed by atoms with van der Waals surface area (Å²) in [6, 6.07) is 7.83. The quantitative estimate of drug-likeness (QED) is 0.272. The van der Waals surface area contributed by atoms with Gasteiger partial charge < -0.3 is 22.1 Å². The Morgan fingerprint density at radius 3 is 2.59 bits per heavy atom. The molecule has 9 N–H and O–H groups in total. The fourth-order valence-corrected chi connectivity index (χ4v) is 3.05. The van der Waals surface area contributed by atoms with Gasteiger partial charge in [-0.3, -0.25) is 16.1 Å². The minimum absolute atomic E-state index is 0.00389. The van der Waals surface area contributed by atoms with Crippen LogP contribution < -0.4 is 27.4 Å². The van der Waals surface area contributed by atoms with Gasteiger partial charge in [0.15, 0.2) is 5.96 Å². The first-order valence-corrected chi connectivity index (χ1v) is 7.42. The molecule has 1 fully saturated rings. The summed E-state index contributed by atoms with van der Waals surface area (Å²) < 4.78 is 0. The van der Waals surface area contributed by atoms with Crippen molar-refractivity contribution < 1.29 is 0 Å². The second-order valence-electron chi connectivity index (χ2n) is 6.03. The van der Waals surface area contributed by atoms with Gasteiger partial charge in [-0.05, 0) is 44.2 Å². The molecule has 120 valence electrons. The van der Waals surface area contributed by atoms with Crippen molar-refractivity contribution in [1.29, 1.82) is 10.8 Å². The van der Waals surface area contributed by atoms with Gasteiger partial charge in [0.2, 0.25) is 5.96 Å². The molecule has 0 aliphatic heterocycles. The SMILES string of the molecule is Cc1ccccc1N(C(=N)NC(=N)N)C1CCCC(N)(N)C1. The molecule has 1 saturated carbocycles. The number of anilines is 1. The molecule has 1 aliphatic carbocycles. The number of guanidine groups is 2. The van der Waals surface area contributed by atoms with Crippen molar-refractivity contribution in [1.82, 2.24) is 5.32 Å². The van der Waals surface area contributed by atoms with Crippen LogP contribution in [0.4, 0.5) is 5.69 Å². The van der Waals surface area contributed by atoms with Gasteiger partial charge in [0, 0.05) is 11.7 Å². The highest BCUT2D eigenvalue weighted by molar-refractivity contribution is 6.04. The monoisotopic (exact) mass is 303 g/mol. The molecule has 1 atom stereocenters. The lowest BCUT2D eigenvalue weighted by atomic mass is 9.85. The summed E-state index contributed by atoms with van der Waals surface area (Å²) in [5.74, 6) is -0.185. The number of aryl methyl sites for hydroxylation is 1. The lowest BCUT2D eigenvalue weighted by Gasteiger charge is -2.42. The molecule has 0 saturated heterocycles. The molecule has 0 spiro atoms. The third kappa shape index (κ3) is 3.75. The summed E-state index contributed by atoms with van der Waals surface area (Å²) in [4.78, 5) is 1.85. The first-order valence-electron chi connectivity index (χ1n) is 7.42. The number of nitrogens with zero attached hydrogens (tertiary/aromatic N) is 1. The number of hydrogen-bond acceptors (Lipinski definition) is 4. The Morgan fingerprint density at radius 1 is 1.32 bits per heavy atom. The third-order valence-corrected chi connectivity index (χ3v) is 4.03. The zero-order valence-electron chi connectivity index (χ0n) is 12.9. The first-order chi connectivity index (χ1) is 10.3. The van der Waals surface area contributed by atoms with E-state index < -0.39 is 5.66 Å². The van der Waals surface area contributed by atoms with E-state index in [1.807, 2.05) is 36.1 Å². The summed E-state index contributed by atoms with van der Waals surface area (Å²) in [6.45, 7) is 1.99. The van der Waals surface area contributed by atoms with Gasteiger partial charge in [-0.2, -0.15) is 0 Å². The molecular weight excluding hydrogens is 278 g/mol. The molecule has 7 heteroatoms. The highest BCUT2D eigenvalue weighted by Crippen LogP contribution is 2.31. The molecule has 1 unspecified atom stereocenters. The molecule has 0 radical (unpaired) electrons. The molecule has 2 rings (SSSR count). The van der Waals surface area contributed by atoms with Gasteiger partial charge in [-0.1, -0.05) is 18.2 Å². The van der Waals surface area contributed by atoms with Crippen molar-refractivity contribution >= 4 is 17.6 Å². The van der Waals surface area contributed by atoms with Crippen molar-refractivity contribution in [3.8, 4) is 0 Å². The Bertz CT molecular complexity index is 567. The fourth-order valence-electron chi connectivity index (χ4n) is 3.05. The first kappa shape index (κ1) is 16.3. The van der Waals surface area contributed by atoms with Crippen LogP contribution in [0.5, 0.6) is 0 Å². The lowest BCUT2D eigenvalue weighted by Crippen LogP contribution is -2.59. The van der Waals surface area contributed by atoms with Gasteiger partial charge in [0.1, 0.15) is 0 Å². The Balaban J connectivity index is 2.35. The van der Waals surface area contributed by atoms with E-state index in [1.165, 1.54) is 0 Å². The van der Waals surface area contributed by atoms with Gasteiger partial charge in [0.25, 0.3) is 0 Å². The molecule has 0 amide bonds. The van der Waals surface area contributed by atoms with Crippen LogP contribution in [0.2, 0.25) is 0 Å². The predicted octanol–water partition coefficient (Wildman–Crippen LogP) is 0.776. The number of hydrogen-bond donors (Lipinski definition) is 6. The van der Waals surface area contributed by atoms with E-state index in [2.05, 4.69) is 5.32 Å². The van der Waals surface area contributed by atoms with Crippen LogP contribution in [-0.4, -0.2) is 23.6 Å². The van der Waals surface area contributed by atoms with Gasteiger partial charge in [-0.15, -0.1) is 0 Å². The van der Waals surface area contributed by atoms with E-state index in [-0.39, 0.29) is 18.0 Å². The molecule has 0 heterocycles. The standard InChI is InChI=1S/C15H25N7/c1-10-5-2-3-7-12(10)22(14(18)21-13(16)17)11-6-4-8-15(19,20)9-11/h2-3,5,7,11H,4,6,8-9,19-20H2,1H3,(H5,16,17,18,21). The van der Waals surface area contributed by atoms with Gasteiger partial charge in [-0.25, -0.2) is 0 Å². The van der Waals surface area contributed by atoms with E-state index in [9.17, 15) is 0 Å². The highest BCUT2D eigenvalue weighted by Gasteiger charge is 2.34. The molecule has 0 bridgehead atoms. The van der Waals surface area contributed by atoms with E-state index in [0.29, 0.717) is 6.42 Å². The number of nitrogens with one attached hydrogen (secondary N) is 3. The van der Waals surface area contributed by atoms with Crippen molar-refractivity contribution in [3.63, 3.8) is 0 Å². The van der Waals surface area contributed by atoms with Crippen LogP contribution >= 0.6 is 0 Å². The van der Waals surface area contributed by atoms with Gasteiger partial charge in [0.05, 0.1) is 5.66 Å². The number of benzene rings is 1. The van der Waals surface area contributed by atoms with Crippen LogP contribution in [0.15, 0.2) is 24.3 Å². The summed E-state index contributed by atoms with van der Waals surface area (Å²) in [6.07, 6.45) is 3.17. The topological polar surface area (TPSA) is 141 Å². The molecule has 7 nitrogen and oxygen atoms in total. The second-order valence-corrected chi connectivity index (χ2v) is 6.03. The lowest BCUT2D eigenvalue weighted by molar-refractivity contribution is 0.277. The van der Waals surface area contributed by atoms with Crippen molar-refractivity contribution in [2.75, 3.05) is 4.90 Å². The zero-order valence-corrected chi connectivity index (χ0v) is 12.9. The molecule has 22 heavy (non-hydrogen) atoms.